The zero-order valence-electron chi connectivity index (χ0n) is 8.74. The molecule has 2 N–H and O–H groups in total. The Bertz CT molecular complexity index is 247. The van der Waals surface area contributed by atoms with Gasteiger partial charge in [0.2, 0.25) is 0 Å². The van der Waals surface area contributed by atoms with E-state index in [1.807, 2.05) is 24.1 Å². The molecule has 0 radical (unpaired) electrons. The van der Waals surface area contributed by atoms with E-state index in [1.54, 1.807) is 0 Å². The van der Waals surface area contributed by atoms with Gasteiger partial charge in [-0.05, 0) is 37.9 Å². The van der Waals surface area contributed by atoms with Gasteiger partial charge in [0.1, 0.15) is 0 Å². The molecule has 0 amide bonds. The third kappa shape index (κ3) is 4.39. The number of hydrogen-bond acceptors (Lipinski definition) is 3. The maximum absolute atomic E-state index is 8.56. The van der Waals surface area contributed by atoms with E-state index in [9.17, 15) is 0 Å². The average molecular weight is 197 g/mol. The van der Waals surface area contributed by atoms with E-state index < -0.39 is 0 Å². The van der Waals surface area contributed by atoms with Gasteiger partial charge in [0, 0.05) is 19.9 Å². The van der Waals surface area contributed by atoms with Crippen LogP contribution < -0.4 is 5.32 Å². The van der Waals surface area contributed by atoms with Crippen LogP contribution in [0.25, 0.3) is 0 Å². The topological polar surface area (TPSA) is 50.1 Å². The SMILES string of the molecule is Cn1cc(CCNCCCCO)cn1. The van der Waals surface area contributed by atoms with Crippen LogP contribution in [0.1, 0.15) is 18.4 Å². The lowest BCUT2D eigenvalue weighted by atomic mass is 10.2. The van der Waals surface area contributed by atoms with Crippen LogP contribution in [-0.4, -0.2) is 34.6 Å². The third-order valence-electron chi connectivity index (χ3n) is 2.11. The van der Waals surface area contributed by atoms with Crippen LogP contribution in [0.2, 0.25) is 0 Å². The first kappa shape index (κ1) is 11.2. The molecule has 1 aromatic rings. The molecule has 4 nitrogen and oxygen atoms in total. The molecule has 0 spiro atoms. The lowest BCUT2D eigenvalue weighted by Crippen LogP contribution is -2.18. The van der Waals surface area contributed by atoms with Crippen LogP contribution in [0.3, 0.4) is 0 Å². The second kappa shape index (κ2) is 6.56. The summed E-state index contributed by atoms with van der Waals surface area (Å²) >= 11 is 0. The molecule has 0 unspecified atom stereocenters. The molecule has 0 aliphatic heterocycles. The Balaban J connectivity index is 1.99. The van der Waals surface area contributed by atoms with Gasteiger partial charge in [0.05, 0.1) is 6.20 Å². The molecule has 0 aromatic carbocycles. The van der Waals surface area contributed by atoms with E-state index in [2.05, 4.69) is 10.4 Å². The number of aliphatic hydroxyl groups is 1. The fourth-order valence-corrected chi connectivity index (χ4v) is 1.32. The van der Waals surface area contributed by atoms with Crippen molar-refractivity contribution in [1.82, 2.24) is 15.1 Å². The van der Waals surface area contributed by atoms with E-state index in [4.69, 9.17) is 5.11 Å². The number of rotatable bonds is 7. The third-order valence-corrected chi connectivity index (χ3v) is 2.11. The van der Waals surface area contributed by atoms with E-state index in [1.165, 1.54) is 5.56 Å². The second-order valence-corrected chi connectivity index (χ2v) is 3.45. The summed E-state index contributed by atoms with van der Waals surface area (Å²) in [6, 6.07) is 0. The van der Waals surface area contributed by atoms with Crippen LogP contribution in [0.5, 0.6) is 0 Å². The summed E-state index contributed by atoms with van der Waals surface area (Å²) < 4.78 is 1.82. The molecular weight excluding hydrogens is 178 g/mol. The summed E-state index contributed by atoms with van der Waals surface area (Å²) in [4.78, 5) is 0. The van der Waals surface area contributed by atoms with Crippen molar-refractivity contribution in [3.63, 3.8) is 0 Å². The molecule has 1 aromatic heterocycles. The Labute approximate surface area is 84.9 Å². The standard InChI is InChI=1S/C10H19N3O/c1-13-9-10(8-12-13)4-6-11-5-2-3-7-14/h8-9,11,14H,2-7H2,1H3. The molecular formula is C10H19N3O. The lowest BCUT2D eigenvalue weighted by Gasteiger charge is -2.01. The zero-order chi connectivity index (χ0) is 10.2. The van der Waals surface area contributed by atoms with Crippen LogP contribution in [0.15, 0.2) is 12.4 Å². The first-order valence-electron chi connectivity index (χ1n) is 5.12. The molecule has 0 fully saturated rings. The number of unbranched alkanes of at least 4 members (excludes halogenated alkanes) is 1. The van der Waals surface area contributed by atoms with Crippen LogP contribution in [-0.2, 0) is 13.5 Å². The van der Waals surface area contributed by atoms with Crippen molar-refractivity contribution in [2.45, 2.75) is 19.3 Å². The van der Waals surface area contributed by atoms with E-state index in [-0.39, 0.29) is 0 Å². The van der Waals surface area contributed by atoms with Gasteiger partial charge in [-0.2, -0.15) is 5.10 Å². The Kier molecular flexibility index (Phi) is 5.25. The number of hydrogen-bond donors (Lipinski definition) is 2. The highest BCUT2D eigenvalue weighted by Gasteiger charge is 1.95. The maximum Gasteiger partial charge on any atom is 0.0522 e. The average Bonchev–Trinajstić information content (AvgIpc) is 2.58. The molecule has 1 rings (SSSR count). The Morgan fingerprint density at radius 3 is 2.93 bits per heavy atom. The molecule has 0 aliphatic rings. The number of aryl methyl sites for hydroxylation is 1. The number of aliphatic hydroxyl groups excluding tert-OH is 1. The smallest absolute Gasteiger partial charge is 0.0522 e. The lowest BCUT2D eigenvalue weighted by molar-refractivity contribution is 0.284. The Morgan fingerprint density at radius 2 is 2.29 bits per heavy atom. The van der Waals surface area contributed by atoms with Crippen molar-refractivity contribution in [3.05, 3.63) is 18.0 Å². The summed E-state index contributed by atoms with van der Waals surface area (Å²) in [5.74, 6) is 0. The normalized spacial score (nSPS) is 10.7. The van der Waals surface area contributed by atoms with Crippen molar-refractivity contribution in [3.8, 4) is 0 Å². The minimum Gasteiger partial charge on any atom is -0.396 e. The molecule has 80 valence electrons. The Hall–Kier alpha value is -0.870. The van der Waals surface area contributed by atoms with Crippen molar-refractivity contribution in [2.24, 2.45) is 7.05 Å². The molecule has 0 saturated carbocycles. The summed E-state index contributed by atoms with van der Waals surface area (Å²) in [6.45, 7) is 2.27. The van der Waals surface area contributed by atoms with Gasteiger partial charge < -0.3 is 10.4 Å². The monoisotopic (exact) mass is 197 g/mol. The minimum atomic E-state index is 0.296. The van der Waals surface area contributed by atoms with Gasteiger partial charge in [-0.25, -0.2) is 0 Å². The van der Waals surface area contributed by atoms with E-state index in [0.717, 1.165) is 32.4 Å². The van der Waals surface area contributed by atoms with Crippen LogP contribution in [0.4, 0.5) is 0 Å². The number of nitrogens with one attached hydrogen (secondary N) is 1. The van der Waals surface area contributed by atoms with Gasteiger partial charge in [-0.15, -0.1) is 0 Å². The molecule has 4 heteroatoms. The highest BCUT2D eigenvalue weighted by molar-refractivity contribution is 5.03. The van der Waals surface area contributed by atoms with Gasteiger partial charge in [-0.3, -0.25) is 4.68 Å². The minimum absolute atomic E-state index is 0.296. The van der Waals surface area contributed by atoms with Crippen LogP contribution in [0, 0.1) is 0 Å². The summed E-state index contributed by atoms with van der Waals surface area (Å²) in [5, 5.41) is 16.0. The molecule has 0 saturated heterocycles. The second-order valence-electron chi connectivity index (χ2n) is 3.45. The van der Waals surface area contributed by atoms with Crippen molar-refractivity contribution >= 4 is 0 Å². The predicted octanol–water partition coefficient (Wildman–Crippen LogP) is 0.325. The summed E-state index contributed by atoms with van der Waals surface area (Å²) in [6.07, 6.45) is 6.89. The highest BCUT2D eigenvalue weighted by Crippen LogP contribution is 1.96. The quantitative estimate of drug-likeness (QED) is 0.619. The predicted molar refractivity (Wildman–Crippen MR) is 56.1 cm³/mol. The number of aromatic nitrogens is 2. The molecule has 0 aliphatic carbocycles. The molecule has 1 heterocycles. The fourth-order valence-electron chi connectivity index (χ4n) is 1.32. The first-order chi connectivity index (χ1) is 6.83. The molecule has 14 heavy (non-hydrogen) atoms. The maximum atomic E-state index is 8.56. The van der Waals surface area contributed by atoms with Gasteiger partial charge in [0.25, 0.3) is 0 Å². The highest BCUT2D eigenvalue weighted by atomic mass is 16.2. The van der Waals surface area contributed by atoms with Crippen molar-refractivity contribution in [1.29, 1.82) is 0 Å². The van der Waals surface area contributed by atoms with Crippen molar-refractivity contribution < 1.29 is 5.11 Å². The van der Waals surface area contributed by atoms with E-state index >= 15 is 0 Å². The van der Waals surface area contributed by atoms with Gasteiger partial charge in [0.15, 0.2) is 0 Å². The molecule has 0 bridgehead atoms. The summed E-state index contributed by atoms with van der Waals surface area (Å²) in [7, 11) is 1.93. The van der Waals surface area contributed by atoms with Gasteiger partial charge >= 0.3 is 0 Å². The Morgan fingerprint density at radius 1 is 1.43 bits per heavy atom. The zero-order valence-corrected chi connectivity index (χ0v) is 8.74. The van der Waals surface area contributed by atoms with Crippen molar-refractivity contribution in [2.75, 3.05) is 19.7 Å². The van der Waals surface area contributed by atoms with Gasteiger partial charge in [-0.1, -0.05) is 0 Å². The van der Waals surface area contributed by atoms with Crippen LogP contribution >= 0.6 is 0 Å². The molecule has 0 atom stereocenters. The summed E-state index contributed by atoms with van der Waals surface area (Å²) in [5.41, 5.74) is 1.27. The fraction of sp³-hybridized carbons (Fsp3) is 0.700. The van der Waals surface area contributed by atoms with E-state index in [0.29, 0.717) is 6.61 Å². The largest absolute Gasteiger partial charge is 0.396 e. The first-order valence-corrected chi connectivity index (χ1v) is 5.12. The number of nitrogens with zero attached hydrogens (tertiary/aromatic N) is 2.